The lowest BCUT2D eigenvalue weighted by molar-refractivity contribution is -0.142. The van der Waals surface area contributed by atoms with Gasteiger partial charge in [0.05, 0.1) is 17.2 Å². The normalized spacial score (nSPS) is 11.9. The van der Waals surface area contributed by atoms with Crippen LogP contribution in [0.3, 0.4) is 0 Å². The SMILES string of the molecule is CC(C)C(CNc1ccccc1C#N)C(=O)O. The molecule has 0 saturated heterocycles. The number of carbonyl (C=O) groups is 1. The molecular formula is C13H16N2O2. The topological polar surface area (TPSA) is 73.1 Å². The number of para-hydroxylation sites is 1. The molecule has 0 aliphatic heterocycles. The highest BCUT2D eigenvalue weighted by Crippen LogP contribution is 2.17. The molecule has 0 spiro atoms. The van der Waals surface area contributed by atoms with Crippen LogP contribution in [0, 0.1) is 23.2 Å². The fourth-order valence-corrected chi connectivity index (χ4v) is 1.56. The molecule has 1 aromatic carbocycles. The van der Waals surface area contributed by atoms with Crippen LogP contribution in [-0.4, -0.2) is 17.6 Å². The van der Waals surface area contributed by atoms with E-state index in [1.807, 2.05) is 19.9 Å². The lowest BCUT2D eigenvalue weighted by Gasteiger charge is -2.17. The minimum atomic E-state index is -0.818. The summed E-state index contributed by atoms with van der Waals surface area (Å²) in [6.45, 7) is 4.07. The summed E-state index contributed by atoms with van der Waals surface area (Å²) < 4.78 is 0. The van der Waals surface area contributed by atoms with Crippen molar-refractivity contribution in [3.05, 3.63) is 29.8 Å². The van der Waals surface area contributed by atoms with Crippen LogP contribution in [0.15, 0.2) is 24.3 Å². The van der Waals surface area contributed by atoms with Crippen molar-refractivity contribution in [3.63, 3.8) is 0 Å². The minimum Gasteiger partial charge on any atom is -0.481 e. The number of nitrogens with zero attached hydrogens (tertiary/aromatic N) is 1. The summed E-state index contributed by atoms with van der Waals surface area (Å²) in [5.74, 6) is -1.22. The summed E-state index contributed by atoms with van der Waals surface area (Å²) >= 11 is 0. The first-order chi connectivity index (χ1) is 8.06. The van der Waals surface area contributed by atoms with Gasteiger partial charge >= 0.3 is 5.97 Å². The van der Waals surface area contributed by atoms with E-state index in [4.69, 9.17) is 10.4 Å². The molecule has 0 saturated carbocycles. The number of hydrogen-bond acceptors (Lipinski definition) is 3. The average Bonchev–Trinajstić information content (AvgIpc) is 2.29. The van der Waals surface area contributed by atoms with Crippen molar-refractivity contribution >= 4 is 11.7 Å². The van der Waals surface area contributed by atoms with Crippen molar-refractivity contribution < 1.29 is 9.90 Å². The predicted octanol–water partition coefficient (Wildman–Crippen LogP) is 2.33. The molecule has 17 heavy (non-hydrogen) atoms. The van der Waals surface area contributed by atoms with E-state index in [0.717, 1.165) is 0 Å². The van der Waals surface area contributed by atoms with Crippen molar-refractivity contribution in [1.82, 2.24) is 0 Å². The van der Waals surface area contributed by atoms with Crippen molar-refractivity contribution in [2.24, 2.45) is 11.8 Å². The zero-order valence-electron chi connectivity index (χ0n) is 9.97. The van der Waals surface area contributed by atoms with E-state index >= 15 is 0 Å². The van der Waals surface area contributed by atoms with E-state index in [1.165, 1.54) is 0 Å². The Bertz CT molecular complexity index is 435. The van der Waals surface area contributed by atoms with Gasteiger partial charge < -0.3 is 10.4 Å². The molecule has 1 atom stereocenters. The van der Waals surface area contributed by atoms with Gasteiger partial charge in [-0.25, -0.2) is 0 Å². The van der Waals surface area contributed by atoms with Gasteiger partial charge in [0.25, 0.3) is 0 Å². The summed E-state index contributed by atoms with van der Waals surface area (Å²) in [5.41, 5.74) is 1.21. The third kappa shape index (κ3) is 3.49. The molecule has 0 amide bonds. The molecule has 0 aromatic heterocycles. The first kappa shape index (κ1) is 13.0. The second-order valence-corrected chi connectivity index (χ2v) is 4.23. The predicted molar refractivity (Wildman–Crippen MR) is 65.6 cm³/mol. The molecule has 0 radical (unpaired) electrons. The Morgan fingerprint density at radius 1 is 1.47 bits per heavy atom. The number of carboxylic acid groups (broad SMARTS) is 1. The molecule has 0 aliphatic carbocycles. The quantitative estimate of drug-likeness (QED) is 0.817. The van der Waals surface area contributed by atoms with E-state index in [9.17, 15) is 4.79 Å². The number of carboxylic acids is 1. The van der Waals surface area contributed by atoms with Crippen molar-refractivity contribution in [2.75, 3.05) is 11.9 Å². The molecule has 0 fully saturated rings. The first-order valence-corrected chi connectivity index (χ1v) is 5.52. The lowest BCUT2D eigenvalue weighted by atomic mass is 9.96. The minimum absolute atomic E-state index is 0.0502. The largest absolute Gasteiger partial charge is 0.481 e. The summed E-state index contributed by atoms with van der Waals surface area (Å²) in [7, 11) is 0. The Kier molecular flexibility index (Phi) is 4.53. The smallest absolute Gasteiger partial charge is 0.308 e. The number of anilines is 1. The van der Waals surface area contributed by atoms with Crippen LogP contribution in [0.5, 0.6) is 0 Å². The zero-order chi connectivity index (χ0) is 12.8. The molecule has 1 rings (SSSR count). The van der Waals surface area contributed by atoms with Crippen LogP contribution in [0.4, 0.5) is 5.69 Å². The van der Waals surface area contributed by atoms with Gasteiger partial charge in [-0.1, -0.05) is 26.0 Å². The molecule has 0 heterocycles. The first-order valence-electron chi connectivity index (χ1n) is 5.52. The molecule has 4 nitrogen and oxygen atoms in total. The van der Waals surface area contributed by atoms with Gasteiger partial charge in [-0.3, -0.25) is 4.79 Å². The van der Waals surface area contributed by atoms with Crippen LogP contribution in [0.1, 0.15) is 19.4 Å². The molecule has 1 unspecified atom stereocenters. The number of hydrogen-bond donors (Lipinski definition) is 2. The van der Waals surface area contributed by atoms with Crippen molar-refractivity contribution in [1.29, 1.82) is 5.26 Å². The second kappa shape index (κ2) is 5.90. The van der Waals surface area contributed by atoms with E-state index < -0.39 is 11.9 Å². The van der Waals surface area contributed by atoms with Gasteiger partial charge in [-0.05, 0) is 18.1 Å². The Hall–Kier alpha value is -2.02. The molecular weight excluding hydrogens is 216 g/mol. The number of rotatable bonds is 5. The maximum absolute atomic E-state index is 11.0. The van der Waals surface area contributed by atoms with Gasteiger partial charge in [0.2, 0.25) is 0 Å². The molecule has 2 N–H and O–H groups in total. The van der Waals surface area contributed by atoms with Crippen LogP contribution >= 0.6 is 0 Å². The van der Waals surface area contributed by atoms with E-state index in [0.29, 0.717) is 17.8 Å². The summed E-state index contributed by atoms with van der Waals surface area (Å²) in [5, 5.41) is 21.0. The number of nitrogens with one attached hydrogen (secondary N) is 1. The number of benzene rings is 1. The third-order valence-electron chi connectivity index (χ3n) is 2.68. The molecule has 4 heteroatoms. The average molecular weight is 232 g/mol. The Morgan fingerprint density at radius 2 is 2.12 bits per heavy atom. The van der Waals surface area contributed by atoms with Crippen LogP contribution in [-0.2, 0) is 4.79 Å². The highest BCUT2D eigenvalue weighted by molar-refractivity contribution is 5.71. The second-order valence-electron chi connectivity index (χ2n) is 4.23. The number of aliphatic carboxylic acids is 1. The standard InChI is InChI=1S/C13H16N2O2/c1-9(2)11(13(16)17)8-15-12-6-4-3-5-10(12)7-14/h3-6,9,11,15H,8H2,1-2H3,(H,16,17). The van der Waals surface area contributed by atoms with Crippen LogP contribution < -0.4 is 5.32 Å². The van der Waals surface area contributed by atoms with Crippen molar-refractivity contribution in [2.45, 2.75) is 13.8 Å². The monoisotopic (exact) mass is 232 g/mol. The van der Waals surface area contributed by atoms with E-state index in [-0.39, 0.29) is 5.92 Å². The molecule has 1 aromatic rings. The van der Waals surface area contributed by atoms with Gasteiger partial charge in [-0.2, -0.15) is 5.26 Å². The molecule has 0 aliphatic rings. The third-order valence-corrected chi connectivity index (χ3v) is 2.68. The maximum Gasteiger partial charge on any atom is 0.308 e. The summed E-state index contributed by atoms with van der Waals surface area (Å²) in [6, 6.07) is 9.14. The Morgan fingerprint density at radius 3 is 2.65 bits per heavy atom. The van der Waals surface area contributed by atoms with Gasteiger partial charge in [0.1, 0.15) is 6.07 Å². The van der Waals surface area contributed by atoms with Gasteiger partial charge in [-0.15, -0.1) is 0 Å². The van der Waals surface area contributed by atoms with E-state index in [2.05, 4.69) is 11.4 Å². The van der Waals surface area contributed by atoms with Crippen molar-refractivity contribution in [3.8, 4) is 6.07 Å². The zero-order valence-corrected chi connectivity index (χ0v) is 9.97. The number of nitriles is 1. The highest BCUT2D eigenvalue weighted by atomic mass is 16.4. The highest BCUT2D eigenvalue weighted by Gasteiger charge is 2.21. The van der Waals surface area contributed by atoms with Gasteiger partial charge in [0, 0.05) is 6.54 Å². The van der Waals surface area contributed by atoms with E-state index in [1.54, 1.807) is 18.2 Å². The molecule has 90 valence electrons. The summed E-state index contributed by atoms with van der Waals surface area (Å²) in [6.07, 6.45) is 0. The lowest BCUT2D eigenvalue weighted by Crippen LogP contribution is -2.27. The maximum atomic E-state index is 11.0. The Balaban J connectivity index is 2.73. The summed E-state index contributed by atoms with van der Waals surface area (Å²) in [4.78, 5) is 11.0. The van der Waals surface area contributed by atoms with Crippen LogP contribution in [0.2, 0.25) is 0 Å². The van der Waals surface area contributed by atoms with Crippen LogP contribution in [0.25, 0.3) is 0 Å². The molecule has 0 bridgehead atoms. The fourth-order valence-electron chi connectivity index (χ4n) is 1.56. The van der Waals surface area contributed by atoms with Gasteiger partial charge in [0.15, 0.2) is 0 Å². The Labute approximate surface area is 101 Å². The fraction of sp³-hybridized carbons (Fsp3) is 0.385.